The molecule has 1 aliphatic heterocycles. The minimum absolute atomic E-state index is 0.591. The molecular weight excluding hydrogens is 109 g/mol. The SMILES string of the molecule is [B]CC1CCCC(C)N1. The molecule has 9 heavy (non-hydrogen) atoms. The third kappa shape index (κ3) is 2.01. The Morgan fingerprint density at radius 3 is 2.78 bits per heavy atom. The minimum atomic E-state index is 0.591. The summed E-state index contributed by atoms with van der Waals surface area (Å²) in [7, 11) is 5.50. The molecule has 2 unspecified atom stereocenters. The van der Waals surface area contributed by atoms with Crippen molar-refractivity contribution >= 4 is 7.85 Å². The number of rotatable bonds is 1. The minimum Gasteiger partial charge on any atom is -0.312 e. The third-order valence-electron chi connectivity index (χ3n) is 1.99. The summed E-state index contributed by atoms with van der Waals surface area (Å²) in [6.07, 6.45) is 4.72. The maximum absolute atomic E-state index is 5.50. The summed E-state index contributed by atoms with van der Waals surface area (Å²) < 4.78 is 0. The molecule has 2 radical (unpaired) electrons. The first-order valence-corrected chi connectivity index (χ1v) is 3.79. The van der Waals surface area contributed by atoms with Crippen molar-refractivity contribution in [2.75, 3.05) is 0 Å². The van der Waals surface area contributed by atoms with Gasteiger partial charge in [-0.25, -0.2) is 0 Å². The van der Waals surface area contributed by atoms with Gasteiger partial charge in [0.25, 0.3) is 0 Å². The van der Waals surface area contributed by atoms with Crippen LogP contribution in [0.4, 0.5) is 0 Å². The summed E-state index contributed by atoms with van der Waals surface area (Å²) in [6, 6.07) is 1.28. The monoisotopic (exact) mass is 123 g/mol. The van der Waals surface area contributed by atoms with Crippen molar-refractivity contribution < 1.29 is 0 Å². The first-order chi connectivity index (χ1) is 4.33. The van der Waals surface area contributed by atoms with Crippen LogP contribution in [0.1, 0.15) is 26.2 Å². The highest BCUT2D eigenvalue weighted by Crippen LogP contribution is 2.13. The van der Waals surface area contributed by atoms with Gasteiger partial charge in [-0.3, -0.25) is 0 Å². The van der Waals surface area contributed by atoms with E-state index in [4.69, 9.17) is 7.85 Å². The van der Waals surface area contributed by atoms with E-state index in [0.29, 0.717) is 12.1 Å². The highest BCUT2D eigenvalue weighted by Gasteiger charge is 2.14. The Kier molecular flexibility index (Phi) is 2.58. The molecule has 0 amide bonds. The van der Waals surface area contributed by atoms with Gasteiger partial charge in [0.2, 0.25) is 0 Å². The normalized spacial score (nSPS) is 36.6. The van der Waals surface area contributed by atoms with E-state index in [0.717, 1.165) is 6.32 Å². The molecule has 0 aromatic carbocycles. The van der Waals surface area contributed by atoms with E-state index in [1.54, 1.807) is 0 Å². The lowest BCUT2D eigenvalue weighted by atomic mass is 9.89. The van der Waals surface area contributed by atoms with Crippen molar-refractivity contribution in [2.45, 2.75) is 44.6 Å². The number of nitrogens with one attached hydrogen (secondary N) is 1. The van der Waals surface area contributed by atoms with Crippen LogP contribution in [0.25, 0.3) is 0 Å². The van der Waals surface area contributed by atoms with Gasteiger partial charge in [-0.05, 0) is 25.8 Å². The van der Waals surface area contributed by atoms with Crippen molar-refractivity contribution in [3.05, 3.63) is 0 Å². The van der Waals surface area contributed by atoms with Gasteiger partial charge in [0.1, 0.15) is 0 Å². The smallest absolute Gasteiger partial charge is 0.0674 e. The second-order valence-corrected chi connectivity index (χ2v) is 2.93. The molecule has 50 valence electrons. The van der Waals surface area contributed by atoms with Gasteiger partial charge in [-0.15, -0.1) is 0 Å². The first kappa shape index (κ1) is 7.14. The highest BCUT2D eigenvalue weighted by molar-refractivity contribution is 6.08. The van der Waals surface area contributed by atoms with Crippen LogP contribution in [-0.4, -0.2) is 19.9 Å². The fraction of sp³-hybridized carbons (Fsp3) is 1.00. The zero-order valence-electron chi connectivity index (χ0n) is 6.06. The van der Waals surface area contributed by atoms with E-state index >= 15 is 0 Å². The summed E-state index contributed by atoms with van der Waals surface area (Å²) in [6.45, 7) is 2.22. The lowest BCUT2D eigenvalue weighted by Crippen LogP contribution is -2.39. The van der Waals surface area contributed by atoms with Gasteiger partial charge in [-0.1, -0.05) is 12.7 Å². The molecule has 0 aromatic rings. The Labute approximate surface area is 58.6 Å². The van der Waals surface area contributed by atoms with Gasteiger partial charge in [0, 0.05) is 6.04 Å². The molecule has 1 fully saturated rings. The first-order valence-electron chi connectivity index (χ1n) is 3.79. The van der Waals surface area contributed by atoms with Crippen molar-refractivity contribution in [3.8, 4) is 0 Å². The average Bonchev–Trinajstić information content (AvgIpc) is 1.88. The van der Waals surface area contributed by atoms with Crippen LogP contribution < -0.4 is 5.32 Å². The van der Waals surface area contributed by atoms with E-state index in [-0.39, 0.29) is 0 Å². The van der Waals surface area contributed by atoms with E-state index in [9.17, 15) is 0 Å². The van der Waals surface area contributed by atoms with Gasteiger partial charge in [-0.2, -0.15) is 0 Å². The predicted octanol–water partition coefficient (Wildman–Crippen LogP) is 1.10. The van der Waals surface area contributed by atoms with Crippen molar-refractivity contribution in [3.63, 3.8) is 0 Å². The molecule has 1 N–H and O–H groups in total. The van der Waals surface area contributed by atoms with Gasteiger partial charge in [0.15, 0.2) is 0 Å². The van der Waals surface area contributed by atoms with E-state index < -0.39 is 0 Å². The largest absolute Gasteiger partial charge is 0.312 e. The Hall–Kier alpha value is 0.0249. The quantitative estimate of drug-likeness (QED) is 0.515. The fourth-order valence-corrected chi connectivity index (χ4v) is 1.43. The Balaban J connectivity index is 2.23. The molecule has 1 rings (SSSR count). The van der Waals surface area contributed by atoms with Crippen LogP contribution in [0.15, 0.2) is 0 Å². The van der Waals surface area contributed by atoms with Crippen LogP contribution in [0.5, 0.6) is 0 Å². The van der Waals surface area contributed by atoms with E-state index in [2.05, 4.69) is 12.2 Å². The summed E-state index contributed by atoms with van der Waals surface area (Å²) in [4.78, 5) is 0. The molecule has 1 nitrogen and oxygen atoms in total. The molecule has 0 aromatic heterocycles. The van der Waals surface area contributed by atoms with Crippen molar-refractivity contribution in [1.29, 1.82) is 0 Å². The van der Waals surface area contributed by atoms with Gasteiger partial charge >= 0.3 is 0 Å². The molecule has 1 saturated heterocycles. The number of hydrogen-bond donors (Lipinski definition) is 1. The lowest BCUT2D eigenvalue weighted by molar-refractivity contribution is 0.352. The van der Waals surface area contributed by atoms with Crippen LogP contribution in [0, 0.1) is 0 Å². The standard InChI is InChI=1S/C7H14BN/c1-6-3-2-4-7(5-8)9-6/h6-7,9H,2-5H2,1H3. The summed E-state index contributed by atoms with van der Waals surface area (Å²) in [5.74, 6) is 0. The average molecular weight is 123 g/mol. The summed E-state index contributed by atoms with van der Waals surface area (Å²) >= 11 is 0. The van der Waals surface area contributed by atoms with E-state index in [1.807, 2.05) is 0 Å². The highest BCUT2D eigenvalue weighted by atomic mass is 14.9. The Morgan fingerprint density at radius 2 is 2.33 bits per heavy atom. The molecule has 0 aliphatic carbocycles. The zero-order valence-corrected chi connectivity index (χ0v) is 6.06. The van der Waals surface area contributed by atoms with Crippen LogP contribution >= 0.6 is 0 Å². The molecule has 0 spiro atoms. The molecule has 0 saturated carbocycles. The second-order valence-electron chi connectivity index (χ2n) is 2.93. The lowest BCUT2D eigenvalue weighted by Gasteiger charge is -2.27. The maximum Gasteiger partial charge on any atom is 0.0674 e. The topological polar surface area (TPSA) is 12.0 Å². The Bertz CT molecular complexity index is 85.0. The van der Waals surface area contributed by atoms with Crippen molar-refractivity contribution in [2.24, 2.45) is 0 Å². The third-order valence-corrected chi connectivity index (χ3v) is 1.99. The molecule has 1 aliphatic rings. The van der Waals surface area contributed by atoms with Crippen LogP contribution in [0.3, 0.4) is 0 Å². The molecule has 2 heteroatoms. The van der Waals surface area contributed by atoms with E-state index in [1.165, 1.54) is 19.3 Å². The maximum atomic E-state index is 5.50. The predicted molar refractivity (Wildman–Crippen MR) is 40.8 cm³/mol. The Morgan fingerprint density at radius 1 is 1.56 bits per heavy atom. The van der Waals surface area contributed by atoms with Crippen LogP contribution in [0.2, 0.25) is 6.32 Å². The number of piperidine rings is 1. The molecule has 2 atom stereocenters. The van der Waals surface area contributed by atoms with Crippen LogP contribution in [-0.2, 0) is 0 Å². The molecule has 1 heterocycles. The van der Waals surface area contributed by atoms with Gasteiger partial charge < -0.3 is 5.32 Å². The summed E-state index contributed by atoms with van der Waals surface area (Å²) in [5.41, 5.74) is 0. The van der Waals surface area contributed by atoms with Gasteiger partial charge in [0.05, 0.1) is 7.85 Å². The van der Waals surface area contributed by atoms with Crippen molar-refractivity contribution in [1.82, 2.24) is 5.32 Å². The second kappa shape index (κ2) is 3.26. The number of hydrogen-bond acceptors (Lipinski definition) is 1. The molecule has 0 bridgehead atoms. The fourth-order valence-electron chi connectivity index (χ4n) is 1.43. The zero-order chi connectivity index (χ0) is 6.69. The summed E-state index contributed by atoms with van der Waals surface area (Å²) in [5, 5.41) is 3.44. The molecular formula is C7H14BN.